The number of hydrogen-bond donors (Lipinski definition) is 1. The standard InChI is InChI=1S/C18H35O2S.2C4H9.Sn.H/c1-3-5-7-9-11-13-15-17(21)18(19)20-16-14-12-10-8-6-4-2;2*1-3-4-2;;/h21H,3-16H2,1-2H3;2*1,3-4H2,2H3;;. The molecule has 0 rings (SSSR count). The zero-order valence-electron chi connectivity index (χ0n) is 21.0. The van der Waals surface area contributed by atoms with Gasteiger partial charge in [-0.3, -0.25) is 0 Å². The Balaban J connectivity index is 4.79. The second kappa shape index (κ2) is 21.5. The number of ether oxygens (including phenoxy) is 1. The van der Waals surface area contributed by atoms with E-state index < -0.39 is 19.8 Å². The molecule has 30 heavy (non-hydrogen) atoms. The Labute approximate surface area is 202 Å². The molecule has 0 heterocycles. The van der Waals surface area contributed by atoms with Crippen LogP contribution < -0.4 is 0 Å². The summed E-state index contributed by atoms with van der Waals surface area (Å²) in [4.78, 5) is 13.3. The van der Waals surface area contributed by atoms with E-state index in [2.05, 4.69) is 27.7 Å². The molecule has 0 saturated carbocycles. The molecule has 0 saturated heterocycles. The average molecular weight is 549 g/mol. The number of unbranched alkanes of at least 4 members (excludes halogenated alkanes) is 12. The monoisotopic (exact) mass is 550 g/mol. The van der Waals surface area contributed by atoms with Crippen molar-refractivity contribution in [1.82, 2.24) is 0 Å². The van der Waals surface area contributed by atoms with Crippen LogP contribution >= 0.6 is 12.6 Å². The molecule has 0 aliphatic rings. The summed E-state index contributed by atoms with van der Waals surface area (Å²) >= 11 is 3.04. The van der Waals surface area contributed by atoms with Crippen molar-refractivity contribution in [2.45, 2.75) is 148 Å². The predicted molar refractivity (Wildman–Crippen MR) is 141 cm³/mol. The fourth-order valence-electron chi connectivity index (χ4n) is 4.34. The SMILES string of the molecule is CCCCCCCCOC(=O)[C](S)(CCCCCCCC)[SnH]([CH2]CCC)[CH2]CCC. The van der Waals surface area contributed by atoms with Gasteiger partial charge in [0.05, 0.1) is 0 Å². The van der Waals surface area contributed by atoms with Crippen molar-refractivity contribution in [3.05, 3.63) is 0 Å². The summed E-state index contributed by atoms with van der Waals surface area (Å²) in [5.74, 6) is 0.0564. The van der Waals surface area contributed by atoms with Gasteiger partial charge in [-0.05, 0) is 0 Å². The Bertz CT molecular complexity index is 383. The molecule has 0 radical (unpaired) electrons. The predicted octanol–water partition coefficient (Wildman–Crippen LogP) is 8.68. The molecule has 0 aromatic rings. The molecule has 0 N–H and O–H groups in total. The van der Waals surface area contributed by atoms with Crippen molar-refractivity contribution in [1.29, 1.82) is 0 Å². The van der Waals surface area contributed by atoms with Crippen LogP contribution in [-0.2, 0) is 9.53 Å². The molecule has 180 valence electrons. The number of rotatable bonds is 22. The van der Waals surface area contributed by atoms with Gasteiger partial charge in [0.1, 0.15) is 0 Å². The molecule has 0 aromatic heterocycles. The van der Waals surface area contributed by atoms with E-state index in [-0.39, 0.29) is 8.73 Å². The van der Waals surface area contributed by atoms with Crippen molar-refractivity contribution in [2.75, 3.05) is 6.61 Å². The van der Waals surface area contributed by atoms with Crippen molar-refractivity contribution in [3.63, 3.8) is 0 Å². The third-order valence-corrected chi connectivity index (χ3v) is 21.0. The normalized spacial score (nSPS) is 13.5. The minimum absolute atomic E-state index is 0.0564. The van der Waals surface area contributed by atoms with Crippen LogP contribution in [0.25, 0.3) is 0 Å². The third-order valence-electron chi connectivity index (χ3n) is 6.48. The van der Waals surface area contributed by atoms with Crippen LogP contribution in [0.4, 0.5) is 0 Å². The molecular formula is C26H54O2SSn. The van der Waals surface area contributed by atoms with Gasteiger partial charge in [-0.2, -0.15) is 0 Å². The maximum atomic E-state index is 13.3. The molecular weight excluding hydrogens is 495 g/mol. The van der Waals surface area contributed by atoms with E-state index in [1.807, 2.05) is 0 Å². The summed E-state index contributed by atoms with van der Waals surface area (Å²) in [5.41, 5.74) is 0. The maximum absolute atomic E-state index is 13.3. The van der Waals surface area contributed by atoms with Gasteiger partial charge in [-0.25, -0.2) is 0 Å². The van der Waals surface area contributed by atoms with Crippen LogP contribution in [0.2, 0.25) is 8.87 Å². The molecule has 1 atom stereocenters. The second-order valence-corrected chi connectivity index (χ2v) is 21.6. The molecule has 0 amide bonds. The fraction of sp³-hybridized carbons (Fsp3) is 0.962. The molecule has 0 spiro atoms. The first-order valence-corrected chi connectivity index (χ1v) is 20.2. The van der Waals surface area contributed by atoms with E-state index >= 15 is 0 Å². The average Bonchev–Trinajstić information content (AvgIpc) is 2.75. The Morgan fingerprint density at radius 2 is 1.10 bits per heavy atom. The van der Waals surface area contributed by atoms with Crippen LogP contribution in [0.1, 0.15) is 137 Å². The summed E-state index contributed by atoms with van der Waals surface area (Å²) in [7, 11) is 0. The van der Waals surface area contributed by atoms with E-state index in [1.165, 1.54) is 98.8 Å². The molecule has 0 aliphatic heterocycles. The minimum atomic E-state index is -2.15. The first-order valence-electron chi connectivity index (χ1n) is 13.5. The summed E-state index contributed by atoms with van der Waals surface area (Å²) in [6.07, 6.45) is 21.0. The molecule has 0 aromatic carbocycles. The van der Waals surface area contributed by atoms with Gasteiger partial charge in [0.15, 0.2) is 0 Å². The van der Waals surface area contributed by atoms with Gasteiger partial charge in [-0.15, -0.1) is 0 Å². The zero-order valence-corrected chi connectivity index (χ0v) is 25.2. The van der Waals surface area contributed by atoms with Crippen LogP contribution in [0.3, 0.4) is 0 Å². The van der Waals surface area contributed by atoms with Crippen LogP contribution in [-0.4, -0.2) is 35.1 Å². The van der Waals surface area contributed by atoms with Gasteiger partial charge in [0.2, 0.25) is 0 Å². The van der Waals surface area contributed by atoms with Crippen molar-refractivity contribution in [3.8, 4) is 0 Å². The Hall–Kier alpha value is 0.619. The van der Waals surface area contributed by atoms with E-state index in [0.717, 1.165) is 19.3 Å². The molecule has 1 unspecified atom stereocenters. The van der Waals surface area contributed by atoms with E-state index in [4.69, 9.17) is 17.4 Å². The quantitative estimate of drug-likeness (QED) is 0.0633. The summed E-state index contributed by atoms with van der Waals surface area (Å²) in [6.45, 7) is 9.65. The number of carbonyl (C=O) groups excluding carboxylic acids is 1. The molecule has 0 fully saturated rings. The molecule has 0 bridgehead atoms. The molecule has 2 nitrogen and oxygen atoms in total. The summed E-state index contributed by atoms with van der Waals surface area (Å²) < 4.78 is 8.12. The Morgan fingerprint density at radius 3 is 1.60 bits per heavy atom. The van der Waals surface area contributed by atoms with Gasteiger partial charge in [-0.1, -0.05) is 0 Å². The fourth-order valence-corrected chi connectivity index (χ4v) is 17.9. The van der Waals surface area contributed by atoms with Gasteiger partial charge >= 0.3 is 203 Å². The molecule has 0 aliphatic carbocycles. The van der Waals surface area contributed by atoms with Crippen LogP contribution in [0.5, 0.6) is 0 Å². The van der Waals surface area contributed by atoms with E-state index in [9.17, 15) is 4.79 Å². The topological polar surface area (TPSA) is 26.3 Å². The van der Waals surface area contributed by atoms with Gasteiger partial charge in [0, 0.05) is 0 Å². The Kier molecular flexibility index (Phi) is 21.9. The van der Waals surface area contributed by atoms with Crippen LogP contribution in [0.15, 0.2) is 0 Å². The van der Waals surface area contributed by atoms with Crippen molar-refractivity contribution >= 4 is 38.4 Å². The number of hydrogen-bond acceptors (Lipinski definition) is 3. The number of thiol groups is 1. The molecule has 4 heteroatoms. The van der Waals surface area contributed by atoms with Crippen molar-refractivity contribution in [2.24, 2.45) is 0 Å². The number of esters is 1. The van der Waals surface area contributed by atoms with Gasteiger partial charge < -0.3 is 0 Å². The van der Waals surface area contributed by atoms with Crippen molar-refractivity contribution < 1.29 is 9.53 Å². The first kappa shape index (κ1) is 30.6. The van der Waals surface area contributed by atoms with E-state index in [0.29, 0.717) is 6.61 Å². The van der Waals surface area contributed by atoms with Gasteiger partial charge in [0.25, 0.3) is 0 Å². The third kappa shape index (κ3) is 14.6. The second-order valence-electron chi connectivity index (χ2n) is 9.33. The van der Waals surface area contributed by atoms with Crippen LogP contribution in [0, 0.1) is 0 Å². The summed E-state index contributed by atoms with van der Waals surface area (Å²) in [6, 6.07) is 0. The summed E-state index contributed by atoms with van der Waals surface area (Å²) in [5, 5.41) is 0. The Morgan fingerprint density at radius 1 is 0.667 bits per heavy atom. The zero-order chi connectivity index (χ0) is 22.5. The first-order chi connectivity index (χ1) is 14.6. The number of carbonyl (C=O) groups is 1. The van der Waals surface area contributed by atoms with E-state index in [1.54, 1.807) is 0 Å².